The monoisotopic (exact) mass is 572 g/mol. The van der Waals surface area contributed by atoms with Crippen molar-refractivity contribution in [2.24, 2.45) is 7.05 Å². The molecule has 0 spiro atoms. The van der Waals surface area contributed by atoms with Crippen molar-refractivity contribution in [3.05, 3.63) is 75.7 Å². The second-order valence-electron chi connectivity index (χ2n) is 8.15. The van der Waals surface area contributed by atoms with Gasteiger partial charge in [-0.1, -0.05) is 11.6 Å². The lowest BCUT2D eigenvalue weighted by molar-refractivity contribution is -0.141. The third kappa shape index (κ3) is 4.65. The van der Waals surface area contributed by atoms with Gasteiger partial charge in [0, 0.05) is 12.1 Å². The fourth-order valence-corrected chi connectivity index (χ4v) is 4.97. The molecule has 0 amide bonds. The van der Waals surface area contributed by atoms with Crippen molar-refractivity contribution < 1.29 is 17.7 Å². The molecule has 0 aliphatic heterocycles. The quantitative estimate of drug-likeness (QED) is 0.290. The molecule has 198 valence electrons. The van der Waals surface area contributed by atoms with Gasteiger partial charge in [-0.3, -0.25) is 0 Å². The molecule has 1 aromatic carbocycles. The number of aryl methyl sites for hydroxylation is 1. The minimum atomic E-state index is -4.80. The third-order valence-corrected chi connectivity index (χ3v) is 7.40. The van der Waals surface area contributed by atoms with Gasteiger partial charge in [-0.25, -0.2) is 24.3 Å². The lowest BCUT2D eigenvalue weighted by Gasteiger charge is -2.13. The van der Waals surface area contributed by atoms with E-state index in [1.807, 2.05) is 0 Å². The zero-order valence-corrected chi connectivity index (χ0v) is 21.7. The van der Waals surface area contributed by atoms with E-state index in [0.29, 0.717) is 10.7 Å². The summed E-state index contributed by atoms with van der Waals surface area (Å²) in [5.74, 6) is 0.305. The maximum atomic E-state index is 13.4. The summed E-state index contributed by atoms with van der Waals surface area (Å²) in [6.07, 6.45) is -3.50. The Morgan fingerprint density at radius 3 is 2.49 bits per heavy atom. The summed E-state index contributed by atoms with van der Waals surface area (Å²) < 4.78 is 56.7. The topological polar surface area (TPSA) is 130 Å². The number of hydrogen-bond donors (Lipinski definition) is 0. The van der Waals surface area contributed by atoms with Crippen LogP contribution in [-0.2, 0) is 24.4 Å². The number of alkyl halides is 3. The molecule has 39 heavy (non-hydrogen) atoms. The molecule has 0 aliphatic carbocycles. The zero-order chi connectivity index (χ0) is 28.1. The van der Waals surface area contributed by atoms with Crippen LogP contribution in [0.3, 0.4) is 0 Å². The van der Waals surface area contributed by atoms with Crippen LogP contribution in [-0.4, -0.2) is 44.2 Å². The highest BCUT2D eigenvalue weighted by atomic mass is 35.5. The zero-order valence-electron chi connectivity index (χ0n) is 20.1. The van der Waals surface area contributed by atoms with Crippen molar-refractivity contribution in [3.8, 4) is 29.1 Å². The Bertz CT molecular complexity index is 1820. The molecular formula is C24H16ClF3N8O2S. The number of benzene rings is 1. The van der Waals surface area contributed by atoms with E-state index < -0.39 is 34.4 Å². The van der Waals surface area contributed by atoms with Crippen LogP contribution in [0.4, 0.5) is 13.2 Å². The second kappa shape index (κ2) is 9.84. The standard InChI is InChI=1S/C24H16ClF3N8O2S/c1-3-39(38)17-8-9-19(36-23(37)35(12-30-36)14-6-4-13(25)5-7-14)33-20(17)22-32-15-10-18(24(26,27)28)31-16(11-29)21(15)34(22)2/h4-10,12H,3H2,1-2H3. The van der Waals surface area contributed by atoms with Gasteiger partial charge in [0.15, 0.2) is 27.9 Å². The van der Waals surface area contributed by atoms with Crippen LogP contribution in [0.5, 0.6) is 0 Å². The van der Waals surface area contributed by atoms with Crippen molar-refractivity contribution in [2.45, 2.75) is 18.0 Å². The first-order chi connectivity index (χ1) is 18.5. The second-order valence-corrected chi connectivity index (χ2v) is 10.3. The SMILES string of the molecule is CC[S+]([O-])c1ccc(-n2ncn(-c3ccc(Cl)cc3)c2=O)nc1-c1nc2cc(C(F)(F)F)nc(C#N)c2n1C. The minimum absolute atomic E-state index is 0.0338. The minimum Gasteiger partial charge on any atom is -0.611 e. The first-order valence-electron chi connectivity index (χ1n) is 11.2. The summed E-state index contributed by atoms with van der Waals surface area (Å²) >= 11 is 4.37. The van der Waals surface area contributed by atoms with Gasteiger partial charge in [0.25, 0.3) is 0 Å². The Labute approximate surface area is 226 Å². The van der Waals surface area contributed by atoms with E-state index in [2.05, 4.69) is 20.1 Å². The number of fused-ring (bicyclic) bond motifs is 1. The van der Waals surface area contributed by atoms with Gasteiger partial charge in [0.2, 0.25) is 0 Å². The van der Waals surface area contributed by atoms with Gasteiger partial charge in [-0.05, 0) is 60.6 Å². The predicted octanol–water partition coefficient (Wildman–Crippen LogP) is 4.04. The van der Waals surface area contributed by atoms with Crippen LogP contribution < -0.4 is 5.69 Å². The number of nitrogens with zero attached hydrogens (tertiary/aromatic N) is 8. The first-order valence-corrected chi connectivity index (χ1v) is 12.9. The van der Waals surface area contributed by atoms with Gasteiger partial charge in [0.1, 0.15) is 29.4 Å². The summed E-state index contributed by atoms with van der Waals surface area (Å²) in [5.41, 5.74) is -1.84. The Kier molecular flexibility index (Phi) is 6.67. The van der Waals surface area contributed by atoms with Gasteiger partial charge < -0.3 is 9.12 Å². The molecule has 0 fully saturated rings. The number of halogens is 4. The molecular weight excluding hydrogens is 557 g/mol. The molecule has 4 aromatic heterocycles. The van der Waals surface area contributed by atoms with Crippen LogP contribution in [0.15, 0.2) is 58.5 Å². The highest BCUT2D eigenvalue weighted by Crippen LogP contribution is 2.34. The predicted molar refractivity (Wildman–Crippen MR) is 136 cm³/mol. The molecule has 0 aliphatic rings. The van der Waals surface area contributed by atoms with Crippen LogP contribution >= 0.6 is 11.6 Å². The van der Waals surface area contributed by atoms with E-state index in [4.69, 9.17) is 11.6 Å². The van der Waals surface area contributed by atoms with E-state index >= 15 is 0 Å². The average molecular weight is 573 g/mol. The number of aromatic nitrogens is 7. The lowest BCUT2D eigenvalue weighted by atomic mass is 10.2. The van der Waals surface area contributed by atoms with Gasteiger partial charge in [0.05, 0.1) is 11.2 Å². The maximum absolute atomic E-state index is 13.4. The Hall–Kier alpha value is -4.19. The summed E-state index contributed by atoms with van der Waals surface area (Å²) in [6.45, 7) is 1.69. The first kappa shape index (κ1) is 26.4. The van der Waals surface area contributed by atoms with E-state index in [0.717, 1.165) is 10.7 Å². The maximum Gasteiger partial charge on any atom is 0.433 e. The Morgan fingerprint density at radius 2 is 1.85 bits per heavy atom. The average Bonchev–Trinajstić information content (AvgIpc) is 3.47. The Balaban J connectivity index is 1.71. The van der Waals surface area contributed by atoms with Crippen molar-refractivity contribution in [1.29, 1.82) is 5.26 Å². The molecule has 0 N–H and O–H groups in total. The molecule has 0 radical (unpaired) electrons. The molecule has 5 aromatic rings. The molecule has 1 atom stereocenters. The highest BCUT2D eigenvalue weighted by molar-refractivity contribution is 7.91. The largest absolute Gasteiger partial charge is 0.611 e. The van der Waals surface area contributed by atoms with Crippen LogP contribution in [0.1, 0.15) is 18.3 Å². The highest BCUT2D eigenvalue weighted by Gasteiger charge is 2.35. The number of hydrogen-bond acceptors (Lipinski definition) is 7. The van der Waals surface area contributed by atoms with Gasteiger partial charge >= 0.3 is 11.9 Å². The van der Waals surface area contributed by atoms with Crippen LogP contribution in [0.2, 0.25) is 5.02 Å². The number of pyridine rings is 2. The van der Waals surface area contributed by atoms with Crippen molar-refractivity contribution in [2.75, 3.05) is 5.75 Å². The van der Waals surface area contributed by atoms with Crippen LogP contribution in [0.25, 0.3) is 34.1 Å². The fourth-order valence-electron chi connectivity index (χ4n) is 3.96. The summed E-state index contributed by atoms with van der Waals surface area (Å²) in [7, 11) is 1.48. The molecule has 0 saturated heterocycles. The number of rotatable bonds is 5. The number of imidazole rings is 1. The fraction of sp³-hybridized carbons (Fsp3) is 0.167. The third-order valence-electron chi connectivity index (χ3n) is 5.80. The van der Waals surface area contributed by atoms with E-state index in [-0.39, 0.29) is 39.0 Å². The number of nitriles is 1. The van der Waals surface area contributed by atoms with E-state index in [9.17, 15) is 27.8 Å². The van der Waals surface area contributed by atoms with Crippen molar-refractivity contribution in [1.82, 2.24) is 33.9 Å². The molecule has 4 heterocycles. The molecule has 10 nitrogen and oxygen atoms in total. The summed E-state index contributed by atoms with van der Waals surface area (Å²) in [6, 6.07) is 11.9. The smallest absolute Gasteiger partial charge is 0.433 e. The summed E-state index contributed by atoms with van der Waals surface area (Å²) in [5, 5.41) is 14.1. The van der Waals surface area contributed by atoms with Gasteiger partial charge in [-0.2, -0.15) is 28.2 Å². The van der Waals surface area contributed by atoms with Crippen molar-refractivity contribution in [3.63, 3.8) is 0 Å². The molecule has 1 unspecified atom stereocenters. The molecule has 5 rings (SSSR count). The van der Waals surface area contributed by atoms with E-state index in [1.165, 1.54) is 34.6 Å². The molecule has 0 saturated carbocycles. The van der Waals surface area contributed by atoms with Gasteiger partial charge in [-0.15, -0.1) is 0 Å². The van der Waals surface area contributed by atoms with Crippen LogP contribution in [0, 0.1) is 11.3 Å². The molecule has 0 bridgehead atoms. The summed E-state index contributed by atoms with van der Waals surface area (Å²) in [4.78, 5) is 25.7. The Morgan fingerprint density at radius 1 is 1.13 bits per heavy atom. The lowest BCUT2D eigenvalue weighted by Crippen LogP contribution is -2.23. The van der Waals surface area contributed by atoms with Crippen molar-refractivity contribution >= 4 is 33.8 Å². The normalized spacial score (nSPS) is 12.6. The molecule has 15 heteroatoms. The van der Waals surface area contributed by atoms with E-state index in [1.54, 1.807) is 37.3 Å².